The maximum Gasteiger partial charge on any atom is 0.244 e. The SMILES string of the molecule is Cl.NC(=O)C1C=CC=CN1Cc1ccc(Cl)nc1. The van der Waals surface area contributed by atoms with E-state index in [9.17, 15) is 4.79 Å². The maximum absolute atomic E-state index is 11.3. The zero-order chi connectivity index (χ0) is 12.3. The van der Waals surface area contributed by atoms with Crippen LogP contribution in [0.15, 0.2) is 42.8 Å². The first-order valence-electron chi connectivity index (χ1n) is 5.17. The summed E-state index contributed by atoms with van der Waals surface area (Å²) in [4.78, 5) is 17.1. The monoisotopic (exact) mass is 285 g/mol. The van der Waals surface area contributed by atoms with Gasteiger partial charge in [-0.1, -0.05) is 29.8 Å². The lowest BCUT2D eigenvalue weighted by atomic mass is 10.1. The van der Waals surface area contributed by atoms with Gasteiger partial charge in [-0.25, -0.2) is 4.98 Å². The summed E-state index contributed by atoms with van der Waals surface area (Å²) in [7, 11) is 0. The molecule has 2 N–H and O–H groups in total. The van der Waals surface area contributed by atoms with Crippen molar-refractivity contribution in [3.8, 4) is 0 Å². The summed E-state index contributed by atoms with van der Waals surface area (Å²) >= 11 is 5.71. The number of hydrogen-bond donors (Lipinski definition) is 1. The van der Waals surface area contributed by atoms with Gasteiger partial charge in [-0.2, -0.15) is 0 Å². The van der Waals surface area contributed by atoms with Gasteiger partial charge in [0.15, 0.2) is 0 Å². The van der Waals surface area contributed by atoms with Crippen LogP contribution in [-0.2, 0) is 11.3 Å². The molecule has 1 atom stereocenters. The molecule has 0 aliphatic carbocycles. The Hall–Kier alpha value is -1.52. The Kier molecular flexibility index (Phi) is 5.19. The largest absolute Gasteiger partial charge is 0.368 e. The Labute approximate surface area is 117 Å². The lowest BCUT2D eigenvalue weighted by Gasteiger charge is -2.27. The maximum atomic E-state index is 11.3. The molecular formula is C12H13Cl2N3O. The molecular weight excluding hydrogens is 273 g/mol. The first-order valence-corrected chi connectivity index (χ1v) is 5.55. The fourth-order valence-corrected chi connectivity index (χ4v) is 1.76. The highest BCUT2D eigenvalue weighted by molar-refractivity contribution is 6.29. The molecule has 1 unspecified atom stereocenters. The van der Waals surface area contributed by atoms with E-state index >= 15 is 0 Å². The van der Waals surface area contributed by atoms with Gasteiger partial charge in [-0.15, -0.1) is 12.4 Å². The number of pyridine rings is 1. The van der Waals surface area contributed by atoms with Gasteiger partial charge >= 0.3 is 0 Å². The lowest BCUT2D eigenvalue weighted by molar-refractivity contribution is -0.121. The molecule has 1 amide bonds. The molecule has 0 bridgehead atoms. The van der Waals surface area contributed by atoms with Gasteiger partial charge in [0.2, 0.25) is 5.91 Å². The van der Waals surface area contributed by atoms with Crippen molar-refractivity contribution in [3.05, 3.63) is 53.5 Å². The minimum absolute atomic E-state index is 0. The third kappa shape index (κ3) is 3.48. The molecule has 6 heteroatoms. The van der Waals surface area contributed by atoms with Crippen LogP contribution in [0.4, 0.5) is 0 Å². The van der Waals surface area contributed by atoms with Crippen LogP contribution in [0, 0.1) is 0 Å². The van der Waals surface area contributed by atoms with Crippen LogP contribution in [0.3, 0.4) is 0 Å². The van der Waals surface area contributed by atoms with E-state index < -0.39 is 6.04 Å². The smallest absolute Gasteiger partial charge is 0.244 e. The van der Waals surface area contributed by atoms with Gasteiger partial charge in [0.05, 0.1) is 0 Å². The summed E-state index contributed by atoms with van der Waals surface area (Å²) < 4.78 is 0. The van der Waals surface area contributed by atoms with Crippen LogP contribution < -0.4 is 5.73 Å². The molecule has 1 aromatic heterocycles. The Bertz CT molecular complexity index is 471. The Morgan fingerprint density at radius 2 is 2.22 bits per heavy atom. The molecule has 0 saturated heterocycles. The molecule has 96 valence electrons. The van der Waals surface area contributed by atoms with Gasteiger partial charge in [0.25, 0.3) is 0 Å². The van der Waals surface area contributed by atoms with Crippen molar-refractivity contribution in [2.45, 2.75) is 12.6 Å². The number of amides is 1. The highest BCUT2D eigenvalue weighted by Gasteiger charge is 2.19. The van der Waals surface area contributed by atoms with E-state index in [4.69, 9.17) is 17.3 Å². The van der Waals surface area contributed by atoms with Crippen molar-refractivity contribution in [3.63, 3.8) is 0 Å². The number of carbonyl (C=O) groups excluding carboxylic acids is 1. The Morgan fingerprint density at radius 3 is 2.83 bits per heavy atom. The number of carbonyl (C=O) groups is 1. The molecule has 1 aromatic rings. The summed E-state index contributed by atoms with van der Waals surface area (Å²) in [5, 5.41) is 0.453. The average Bonchev–Trinajstić information content (AvgIpc) is 2.32. The second-order valence-corrected chi connectivity index (χ2v) is 4.12. The number of hydrogen-bond acceptors (Lipinski definition) is 3. The second kappa shape index (κ2) is 6.42. The molecule has 0 spiro atoms. The summed E-state index contributed by atoms with van der Waals surface area (Å²) in [6.45, 7) is 0.568. The lowest BCUT2D eigenvalue weighted by Crippen LogP contribution is -2.41. The van der Waals surface area contributed by atoms with E-state index in [0.717, 1.165) is 5.56 Å². The van der Waals surface area contributed by atoms with Crippen molar-refractivity contribution >= 4 is 29.9 Å². The van der Waals surface area contributed by atoms with E-state index in [1.807, 2.05) is 29.3 Å². The van der Waals surface area contributed by atoms with Crippen LogP contribution in [0.1, 0.15) is 5.56 Å². The number of nitrogens with two attached hydrogens (primary N) is 1. The molecule has 2 rings (SSSR count). The second-order valence-electron chi connectivity index (χ2n) is 3.74. The van der Waals surface area contributed by atoms with Gasteiger partial charge in [0, 0.05) is 18.9 Å². The van der Waals surface area contributed by atoms with Crippen molar-refractivity contribution in [2.75, 3.05) is 0 Å². The molecule has 0 radical (unpaired) electrons. The molecule has 1 aliphatic heterocycles. The molecule has 4 nitrogen and oxygen atoms in total. The number of rotatable bonds is 3. The van der Waals surface area contributed by atoms with E-state index in [0.29, 0.717) is 11.7 Å². The third-order valence-corrected chi connectivity index (χ3v) is 2.71. The molecule has 1 aliphatic rings. The fraction of sp³-hybridized carbons (Fsp3) is 0.167. The Morgan fingerprint density at radius 1 is 1.44 bits per heavy atom. The number of halogens is 2. The zero-order valence-electron chi connectivity index (χ0n) is 9.49. The Balaban J connectivity index is 0.00000162. The predicted molar refractivity (Wildman–Crippen MR) is 73.3 cm³/mol. The molecule has 0 saturated carbocycles. The minimum Gasteiger partial charge on any atom is -0.368 e. The first-order chi connectivity index (χ1) is 8.16. The molecule has 2 heterocycles. The van der Waals surface area contributed by atoms with E-state index in [1.165, 1.54) is 0 Å². The van der Waals surface area contributed by atoms with Crippen molar-refractivity contribution in [1.82, 2.24) is 9.88 Å². The highest BCUT2D eigenvalue weighted by Crippen LogP contribution is 2.14. The summed E-state index contributed by atoms with van der Waals surface area (Å²) in [5.74, 6) is -0.368. The number of allylic oxidation sites excluding steroid dienone is 2. The van der Waals surface area contributed by atoms with Gasteiger partial charge in [-0.05, 0) is 17.7 Å². The third-order valence-electron chi connectivity index (χ3n) is 2.48. The van der Waals surface area contributed by atoms with Crippen LogP contribution in [0.5, 0.6) is 0 Å². The predicted octanol–water partition coefficient (Wildman–Crippen LogP) is 1.90. The molecule has 0 aromatic carbocycles. The van der Waals surface area contributed by atoms with Crippen molar-refractivity contribution in [1.29, 1.82) is 0 Å². The fourth-order valence-electron chi connectivity index (χ4n) is 1.65. The zero-order valence-corrected chi connectivity index (χ0v) is 11.1. The summed E-state index contributed by atoms with van der Waals surface area (Å²) in [6.07, 6.45) is 8.97. The minimum atomic E-state index is -0.407. The van der Waals surface area contributed by atoms with E-state index in [2.05, 4.69) is 4.98 Å². The quantitative estimate of drug-likeness (QED) is 0.863. The van der Waals surface area contributed by atoms with E-state index in [1.54, 1.807) is 18.3 Å². The van der Waals surface area contributed by atoms with Crippen LogP contribution in [-0.4, -0.2) is 21.8 Å². The van der Waals surface area contributed by atoms with Crippen LogP contribution in [0.2, 0.25) is 5.15 Å². The number of nitrogens with zero attached hydrogens (tertiary/aromatic N) is 2. The molecule has 0 fully saturated rings. The average molecular weight is 286 g/mol. The van der Waals surface area contributed by atoms with Crippen LogP contribution >= 0.6 is 24.0 Å². The standard InChI is InChI=1S/C12H12ClN3O.ClH/c13-11-5-4-9(7-15-11)8-16-6-2-1-3-10(16)12(14)17;/h1-7,10H,8H2,(H2,14,17);1H. The van der Waals surface area contributed by atoms with Crippen LogP contribution in [0.25, 0.3) is 0 Å². The summed E-state index contributed by atoms with van der Waals surface area (Å²) in [5.41, 5.74) is 6.31. The van der Waals surface area contributed by atoms with Gasteiger partial charge < -0.3 is 10.6 Å². The summed E-state index contributed by atoms with van der Waals surface area (Å²) in [6, 6.07) is 3.19. The van der Waals surface area contributed by atoms with E-state index in [-0.39, 0.29) is 18.3 Å². The van der Waals surface area contributed by atoms with Crippen molar-refractivity contribution < 1.29 is 4.79 Å². The first kappa shape index (κ1) is 14.5. The topological polar surface area (TPSA) is 59.2 Å². The number of aromatic nitrogens is 1. The van der Waals surface area contributed by atoms with Gasteiger partial charge in [0.1, 0.15) is 11.2 Å². The highest BCUT2D eigenvalue weighted by atomic mass is 35.5. The van der Waals surface area contributed by atoms with Gasteiger partial charge in [-0.3, -0.25) is 4.79 Å². The molecule has 18 heavy (non-hydrogen) atoms. The number of primary amides is 1. The van der Waals surface area contributed by atoms with Crippen molar-refractivity contribution in [2.24, 2.45) is 5.73 Å². The normalized spacial score (nSPS) is 17.4.